The number of carbonyl (C=O) groups is 2. The maximum absolute atomic E-state index is 12.0. The van der Waals surface area contributed by atoms with Gasteiger partial charge in [-0.05, 0) is 30.5 Å². The fraction of sp³-hybridized carbons (Fsp3) is 0.417. The lowest BCUT2D eigenvalue weighted by Gasteiger charge is -2.13. The van der Waals surface area contributed by atoms with Gasteiger partial charge in [0.05, 0.1) is 7.11 Å². The number of methoxy groups -OCH3 is 1. The van der Waals surface area contributed by atoms with Gasteiger partial charge in [-0.25, -0.2) is 0 Å². The van der Waals surface area contributed by atoms with Crippen molar-refractivity contribution in [2.75, 3.05) is 7.11 Å². The van der Waals surface area contributed by atoms with Crippen LogP contribution in [0.1, 0.15) is 24.3 Å². The van der Waals surface area contributed by atoms with E-state index >= 15 is 0 Å². The molecular weight excluding hydrogens is 206 g/mol. The molecule has 0 radical (unpaired) electrons. The molecule has 0 saturated heterocycles. The lowest BCUT2D eigenvalue weighted by atomic mass is 9.93. The number of nitrogens with zero attached hydrogens (tertiary/aromatic N) is 1. The Morgan fingerprint density at radius 2 is 2.00 bits per heavy atom. The normalized spacial score (nSPS) is 16.6. The van der Waals surface area contributed by atoms with Crippen molar-refractivity contribution in [2.24, 2.45) is 5.92 Å². The Balaban J connectivity index is 2.27. The van der Waals surface area contributed by atoms with Crippen LogP contribution >= 0.6 is 0 Å². The monoisotopic (exact) mass is 219 g/mol. The number of Topliss-reactive ketones (excluding diaryl/α,β-unsaturated/α-hetero) is 1. The summed E-state index contributed by atoms with van der Waals surface area (Å²) in [6.07, 6.45) is 4.92. The zero-order valence-corrected chi connectivity index (χ0v) is 9.05. The second-order valence-corrected chi connectivity index (χ2v) is 3.91. The van der Waals surface area contributed by atoms with Crippen molar-refractivity contribution in [3.8, 4) is 0 Å². The Morgan fingerprint density at radius 3 is 2.50 bits per heavy atom. The van der Waals surface area contributed by atoms with Gasteiger partial charge in [0.1, 0.15) is 5.92 Å². The van der Waals surface area contributed by atoms with Crippen LogP contribution in [0.2, 0.25) is 0 Å². The van der Waals surface area contributed by atoms with Crippen LogP contribution in [0.3, 0.4) is 0 Å². The highest BCUT2D eigenvalue weighted by Gasteiger charge is 2.39. The van der Waals surface area contributed by atoms with Gasteiger partial charge in [-0.15, -0.1) is 0 Å². The molecule has 4 nitrogen and oxygen atoms in total. The first-order valence-corrected chi connectivity index (χ1v) is 5.25. The Bertz CT molecular complexity index is 398. The van der Waals surface area contributed by atoms with E-state index in [0.717, 1.165) is 12.8 Å². The summed E-state index contributed by atoms with van der Waals surface area (Å²) < 4.78 is 4.69. The summed E-state index contributed by atoms with van der Waals surface area (Å²) in [4.78, 5) is 27.5. The van der Waals surface area contributed by atoms with Crippen molar-refractivity contribution in [3.05, 3.63) is 30.1 Å². The zero-order valence-electron chi connectivity index (χ0n) is 9.05. The fourth-order valence-corrected chi connectivity index (χ4v) is 1.69. The number of aromatic nitrogens is 1. The third-order valence-electron chi connectivity index (χ3n) is 2.74. The van der Waals surface area contributed by atoms with E-state index in [4.69, 9.17) is 0 Å². The molecule has 0 aliphatic heterocycles. The summed E-state index contributed by atoms with van der Waals surface area (Å²) in [7, 11) is 1.30. The van der Waals surface area contributed by atoms with Gasteiger partial charge in [0, 0.05) is 18.3 Å². The standard InChI is InChI=1S/C12H13NO3/c1-16-12(15)10(11(14)9-2-3-9)8-4-6-13-7-5-8/h4-7,9-10H,2-3H2,1H3. The number of esters is 1. The van der Waals surface area contributed by atoms with Crippen LogP contribution in [-0.4, -0.2) is 23.8 Å². The van der Waals surface area contributed by atoms with E-state index in [1.807, 2.05) is 0 Å². The summed E-state index contributed by atoms with van der Waals surface area (Å²) >= 11 is 0. The molecule has 84 valence electrons. The maximum atomic E-state index is 12.0. The average molecular weight is 219 g/mol. The van der Waals surface area contributed by atoms with Crippen LogP contribution in [0.25, 0.3) is 0 Å². The minimum atomic E-state index is -0.777. The number of hydrogen-bond acceptors (Lipinski definition) is 4. The predicted molar refractivity (Wildman–Crippen MR) is 56.7 cm³/mol. The SMILES string of the molecule is COC(=O)C(C(=O)C1CC1)c1ccncc1. The number of pyridine rings is 1. The van der Waals surface area contributed by atoms with Crippen molar-refractivity contribution in [1.29, 1.82) is 0 Å². The molecule has 16 heavy (non-hydrogen) atoms. The smallest absolute Gasteiger partial charge is 0.320 e. The largest absolute Gasteiger partial charge is 0.468 e. The minimum absolute atomic E-state index is 0.0296. The number of hydrogen-bond donors (Lipinski definition) is 0. The van der Waals surface area contributed by atoms with E-state index in [-0.39, 0.29) is 11.7 Å². The molecule has 0 aromatic carbocycles. The highest BCUT2D eigenvalue weighted by atomic mass is 16.5. The van der Waals surface area contributed by atoms with Gasteiger partial charge in [-0.2, -0.15) is 0 Å². The topological polar surface area (TPSA) is 56.3 Å². The average Bonchev–Trinajstić information content (AvgIpc) is 3.14. The fourth-order valence-electron chi connectivity index (χ4n) is 1.69. The molecule has 0 spiro atoms. The quantitative estimate of drug-likeness (QED) is 0.566. The van der Waals surface area contributed by atoms with Crippen LogP contribution in [0.15, 0.2) is 24.5 Å². The molecule has 0 bridgehead atoms. The number of ketones is 1. The third-order valence-corrected chi connectivity index (χ3v) is 2.74. The van der Waals surface area contributed by atoms with E-state index in [0.29, 0.717) is 5.56 Å². The number of ether oxygens (including phenoxy) is 1. The molecule has 1 aliphatic carbocycles. The van der Waals surface area contributed by atoms with Crippen LogP contribution in [0.4, 0.5) is 0 Å². The molecule has 1 atom stereocenters. The first-order valence-electron chi connectivity index (χ1n) is 5.25. The summed E-state index contributed by atoms with van der Waals surface area (Å²) in [5.41, 5.74) is 0.666. The molecule has 0 amide bonds. The van der Waals surface area contributed by atoms with Crippen molar-refractivity contribution in [2.45, 2.75) is 18.8 Å². The zero-order chi connectivity index (χ0) is 11.5. The van der Waals surface area contributed by atoms with Crippen LogP contribution in [0, 0.1) is 5.92 Å². The Morgan fingerprint density at radius 1 is 1.38 bits per heavy atom. The van der Waals surface area contributed by atoms with Gasteiger partial charge < -0.3 is 4.74 Å². The van der Waals surface area contributed by atoms with Crippen molar-refractivity contribution in [1.82, 2.24) is 4.98 Å². The summed E-state index contributed by atoms with van der Waals surface area (Å²) in [5.74, 6) is -1.25. The second kappa shape index (κ2) is 4.43. The maximum Gasteiger partial charge on any atom is 0.320 e. The number of carbonyl (C=O) groups excluding carboxylic acids is 2. The Labute approximate surface area is 93.6 Å². The molecule has 1 aromatic rings. The molecule has 0 N–H and O–H groups in total. The molecule has 2 rings (SSSR count). The first kappa shape index (κ1) is 10.8. The van der Waals surface area contributed by atoms with Gasteiger partial charge in [0.25, 0.3) is 0 Å². The van der Waals surface area contributed by atoms with Crippen molar-refractivity contribution in [3.63, 3.8) is 0 Å². The summed E-state index contributed by atoms with van der Waals surface area (Å²) in [6.45, 7) is 0. The van der Waals surface area contributed by atoms with E-state index in [1.165, 1.54) is 7.11 Å². The van der Waals surface area contributed by atoms with Crippen LogP contribution in [0.5, 0.6) is 0 Å². The van der Waals surface area contributed by atoms with Gasteiger partial charge in [0.15, 0.2) is 5.78 Å². The number of rotatable bonds is 4. The molecule has 1 heterocycles. The lowest BCUT2D eigenvalue weighted by molar-refractivity contribution is -0.146. The van der Waals surface area contributed by atoms with Crippen LogP contribution < -0.4 is 0 Å². The van der Waals surface area contributed by atoms with E-state index < -0.39 is 11.9 Å². The Kier molecular flexibility index (Phi) is 2.99. The first-order chi connectivity index (χ1) is 7.74. The molecule has 1 aliphatic rings. The molecule has 1 unspecified atom stereocenters. The van der Waals surface area contributed by atoms with E-state index in [1.54, 1.807) is 24.5 Å². The highest BCUT2D eigenvalue weighted by Crippen LogP contribution is 2.35. The molecular formula is C12H13NO3. The van der Waals surface area contributed by atoms with Gasteiger partial charge >= 0.3 is 5.97 Å². The molecule has 1 aromatic heterocycles. The summed E-state index contributed by atoms with van der Waals surface area (Å²) in [5, 5.41) is 0. The van der Waals surface area contributed by atoms with Gasteiger partial charge in [-0.1, -0.05) is 0 Å². The third kappa shape index (κ3) is 2.10. The molecule has 4 heteroatoms. The summed E-state index contributed by atoms with van der Waals surface area (Å²) in [6, 6.07) is 3.36. The van der Waals surface area contributed by atoms with Crippen LogP contribution in [-0.2, 0) is 14.3 Å². The second-order valence-electron chi connectivity index (χ2n) is 3.91. The Hall–Kier alpha value is -1.71. The minimum Gasteiger partial charge on any atom is -0.468 e. The molecule has 1 saturated carbocycles. The lowest BCUT2D eigenvalue weighted by Crippen LogP contribution is -2.24. The molecule has 1 fully saturated rings. The van der Waals surface area contributed by atoms with Gasteiger partial charge in [-0.3, -0.25) is 14.6 Å². The predicted octanol–water partition coefficient (Wildman–Crippen LogP) is 1.32. The van der Waals surface area contributed by atoms with Crippen molar-refractivity contribution < 1.29 is 14.3 Å². The van der Waals surface area contributed by atoms with E-state index in [2.05, 4.69) is 9.72 Å². The van der Waals surface area contributed by atoms with Crippen molar-refractivity contribution >= 4 is 11.8 Å². The highest BCUT2D eigenvalue weighted by molar-refractivity contribution is 6.06. The van der Waals surface area contributed by atoms with E-state index in [9.17, 15) is 9.59 Å². The van der Waals surface area contributed by atoms with Gasteiger partial charge in [0.2, 0.25) is 0 Å².